The van der Waals surface area contributed by atoms with E-state index in [1.807, 2.05) is 32.0 Å². The lowest BCUT2D eigenvalue weighted by Crippen LogP contribution is -2.29. The minimum absolute atomic E-state index is 0.105. The van der Waals surface area contributed by atoms with E-state index in [1.165, 1.54) is 17.1 Å². The third kappa shape index (κ3) is 4.23. The van der Waals surface area contributed by atoms with Crippen molar-refractivity contribution in [2.75, 3.05) is 5.01 Å². The van der Waals surface area contributed by atoms with E-state index >= 15 is 0 Å². The number of benzene rings is 3. The normalized spacial score (nSPS) is 15.8. The van der Waals surface area contributed by atoms with Crippen LogP contribution in [0.5, 0.6) is 5.75 Å². The predicted octanol–water partition coefficient (Wildman–Crippen LogP) is 5.25. The van der Waals surface area contributed by atoms with E-state index in [0.717, 1.165) is 11.1 Å². The van der Waals surface area contributed by atoms with Gasteiger partial charge in [0.05, 0.1) is 17.0 Å². The van der Waals surface area contributed by atoms with Gasteiger partial charge in [0, 0.05) is 5.56 Å². The van der Waals surface area contributed by atoms with Gasteiger partial charge in [-0.1, -0.05) is 30.3 Å². The predicted molar refractivity (Wildman–Crippen MR) is 125 cm³/mol. The van der Waals surface area contributed by atoms with Gasteiger partial charge in [-0.3, -0.25) is 4.79 Å². The lowest BCUT2D eigenvalue weighted by atomic mass is 10.0. The number of aryl methyl sites for hydroxylation is 2. The van der Waals surface area contributed by atoms with Gasteiger partial charge in [0.15, 0.2) is 11.8 Å². The van der Waals surface area contributed by atoms with Crippen molar-refractivity contribution in [3.63, 3.8) is 0 Å². The zero-order chi connectivity index (χ0) is 23.7. The Hall–Kier alpha value is -4.33. The first-order chi connectivity index (χ1) is 15.8. The summed E-state index contributed by atoms with van der Waals surface area (Å²) in [6.07, 6.45) is 0. The van der Waals surface area contributed by atoms with Crippen molar-refractivity contribution in [1.82, 2.24) is 0 Å². The number of carboxylic acid groups (broad SMARTS) is 1. The molecule has 8 nitrogen and oxygen atoms in total. The van der Waals surface area contributed by atoms with Gasteiger partial charge >= 0.3 is 5.97 Å². The van der Waals surface area contributed by atoms with Crippen LogP contribution in [0.25, 0.3) is 11.1 Å². The number of phenols is 1. The average molecular weight is 442 g/mol. The van der Waals surface area contributed by atoms with Crippen molar-refractivity contribution < 1.29 is 19.8 Å². The van der Waals surface area contributed by atoms with Crippen LogP contribution >= 0.6 is 0 Å². The smallest absolute Gasteiger partial charge is 0.335 e. The fourth-order valence-corrected chi connectivity index (χ4v) is 3.52. The Morgan fingerprint density at radius 2 is 1.76 bits per heavy atom. The molecular formula is C25H22N4O4. The van der Waals surface area contributed by atoms with Crippen molar-refractivity contribution >= 4 is 29.0 Å². The van der Waals surface area contributed by atoms with Gasteiger partial charge in [0.25, 0.3) is 5.91 Å². The molecule has 0 aliphatic carbocycles. The second-order valence-electron chi connectivity index (χ2n) is 7.84. The number of aromatic carboxylic acids is 1. The van der Waals surface area contributed by atoms with Crippen LogP contribution in [-0.4, -0.2) is 33.8 Å². The van der Waals surface area contributed by atoms with Gasteiger partial charge in [-0.25, -0.2) is 4.79 Å². The van der Waals surface area contributed by atoms with E-state index < -0.39 is 12.0 Å². The molecule has 1 aliphatic heterocycles. The summed E-state index contributed by atoms with van der Waals surface area (Å²) >= 11 is 0. The molecule has 0 saturated heterocycles. The zero-order valence-electron chi connectivity index (χ0n) is 18.4. The van der Waals surface area contributed by atoms with Gasteiger partial charge < -0.3 is 10.2 Å². The SMILES string of the molecule is CC1=NN(c2ccc(C)c(C)c2)C(=O)C1N=Nc1cccc(-c2cccc(C(=O)O)c2)c1O. The molecule has 0 radical (unpaired) electrons. The van der Waals surface area contributed by atoms with Crippen LogP contribution in [0.1, 0.15) is 28.4 Å². The first-order valence-corrected chi connectivity index (χ1v) is 10.3. The summed E-state index contributed by atoms with van der Waals surface area (Å²) < 4.78 is 0. The molecule has 1 unspecified atom stereocenters. The molecular weight excluding hydrogens is 420 g/mol. The van der Waals surface area contributed by atoms with Crippen molar-refractivity contribution in [3.05, 3.63) is 77.4 Å². The standard InChI is InChI=1S/C25H22N4O4/c1-14-10-11-19(12-15(14)2)29-24(31)22(16(3)28-29)27-26-21-9-5-8-20(23(21)30)17-6-4-7-18(13-17)25(32)33/h4-13,22,30H,1-3H3,(H,32,33). The molecule has 166 valence electrons. The maximum absolute atomic E-state index is 12.9. The van der Waals surface area contributed by atoms with E-state index in [4.69, 9.17) is 0 Å². The highest BCUT2D eigenvalue weighted by molar-refractivity contribution is 6.18. The molecule has 0 bridgehead atoms. The third-order valence-corrected chi connectivity index (χ3v) is 5.55. The van der Waals surface area contributed by atoms with E-state index in [-0.39, 0.29) is 22.9 Å². The highest BCUT2D eigenvalue weighted by Crippen LogP contribution is 2.38. The van der Waals surface area contributed by atoms with Crippen LogP contribution < -0.4 is 5.01 Å². The summed E-state index contributed by atoms with van der Waals surface area (Å²) in [5.41, 5.74) is 4.52. The number of aromatic hydroxyl groups is 1. The van der Waals surface area contributed by atoms with Gasteiger partial charge in [0.1, 0.15) is 5.69 Å². The van der Waals surface area contributed by atoms with Crippen LogP contribution in [-0.2, 0) is 4.79 Å². The van der Waals surface area contributed by atoms with E-state index in [9.17, 15) is 19.8 Å². The molecule has 0 saturated carbocycles. The number of azo groups is 1. The molecule has 3 aromatic rings. The summed E-state index contributed by atoms with van der Waals surface area (Å²) in [6.45, 7) is 5.67. The Morgan fingerprint density at radius 3 is 2.48 bits per heavy atom. The molecule has 0 spiro atoms. The molecule has 1 aliphatic rings. The number of hydrazone groups is 1. The van der Waals surface area contributed by atoms with Crippen LogP contribution in [0.15, 0.2) is 76.0 Å². The number of hydrogen-bond acceptors (Lipinski definition) is 6. The Balaban J connectivity index is 1.61. The number of carbonyl (C=O) groups is 2. The van der Waals surface area contributed by atoms with E-state index in [0.29, 0.717) is 22.5 Å². The Kier molecular flexibility index (Phi) is 5.74. The molecule has 8 heteroatoms. The summed E-state index contributed by atoms with van der Waals surface area (Å²) in [4.78, 5) is 24.2. The number of amides is 1. The molecule has 3 aromatic carbocycles. The largest absolute Gasteiger partial charge is 0.505 e. The third-order valence-electron chi connectivity index (χ3n) is 5.55. The number of hydrogen-bond donors (Lipinski definition) is 2. The van der Waals surface area contributed by atoms with Crippen molar-refractivity contribution in [3.8, 4) is 16.9 Å². The van der Waals surface area contributed by atoms with Crippen molar-refractivity contribution in [2.45, 2.75) is 26.8 Å². The quantitative estimate of drug-likeness (QED) is 0.525. The number of carbonyl (C=O) groups excluding carboxylic acids is 1. The summed E-state index contributed by atoms with van der Waals surface area (Å²) in [5.74, 6) is -1.55. The molecule has 33 heavy (non-hydrogen) atoms. The van der Waals surface area contributed by atoms with Crippen molar-refractivity contribution in [1.29, 1.82) is 0 Å². The van der Waals surface area contributed by atoms with Crippen molar-refractivity contribution in [2.24, 2.45) is 15.3 Å². The number of para-hydroxylation sites is 1. The molecule has 1 heterocycles. The molecule has 1 atom stereocenters. The highest BCUT2D eigenvalue weighted by atomic mass is 16.4. The summed E-state index contributed by atoms with van der Waals surface area (Å²) in [5, 5.41) is 33.9. The topological polar surface area (TPSA) is 115 Å². The number of nitrogens with zero attached hydrogens (tertiary/aromatic N) is 4. The molecule has 4 rings (SSSR count). The zero-order valence-corrected chi connectivity index (χ0v) is 18.4. The monoisotopic (exact) mass is 442 g/mol. The molecule has 0 fully saturated rings. The molecule has 2 N–H and O–H groups in total. The Bertz CT molecular complexity index is 1330. The average Bonchev–Trinajstić information content (AvgIpc) is 3.08. The first-order valence-electron chi connectivity index (χ1n) is 10.3. The molecule has 0 aromatic heterocycles. The minimum atomic E-state index is -1.06. The second-order valence-corrected chi connectivity index (χ2v) is 7.84. The van der Waals surface area contributed by atoms with Crippen LogP contribution in [0.2, 0.25) is 0 Å². The number of rotatable bonds is 5. The summed E-state index contributed by atoms with van der Waals surface area (Å²) in [6, 6.07) is 15.9. The minimum Gasteiger partial charge on any atom is -0.505 e. The number of phenolic OH excluding ortho intramolecular Hbond substituents is 1. The summed E-state index contributed by atoms with van der Waals surface area (Å²) in [7, 11) is 0. The van der Waals surface area contributed by atoms with E-state index in [1.54, 1.807) is 37.3 Å². The highest BCUT2D eigenvalue weighted by Gasteiger charge is 2.35. The maximum Gasteiger partial charge on any atom is 0.335 e. The fourth-order valence-electron chi connectivity index (χ4n) is 3.52. The van der Waals surface area contributed by atoms with Crippen LogP contribution in [0.3, 0.4) is 0 Å². The van der Waals surface area contributed by atoms with Gasteiger partial charge in [-0.15, -0.1) is 0 Å². The van der Waals surface area contributed by atoms with Gasteiger partial charge in [-0.05, 0) is 67.8 Å². The van der Waals surface area contributed by atoms with Crippen LogP contribution in [0, 0.1) is 13.8 Å². The Morgan fingerprint density at radius 1 is 1.00 bits per heavy atom. The Labute approximate surface area is 190 Å². The first kappa shape index (κ1) is 21.9. The number of anilines is 1. The van der Waals surface area contributed by atoms with Gasteiger partial charge in [0.2, 0.25) is 0 Å². The second kappa shape index (κ2) is 8.66. The van der Waals surface area contributed by atoms with E-state index in [2.05, 4.69) is 15.3 Å². The lowest BCUT2D eigenvalue weighted by Gasteiger charge is -2.14. The maximum atomic E-state index is 12.9. The number of carboxylic acids is 1. The van der Waals surface area contributed by atoms with Gasteiger partial charge in [-0.2, -0.15) is 20.3 Å². The fraction of sp³-hybridized carbons (Fsp3) is 0.160. The molecule has 1 amide bonds. The van der Waals surface area contributed by atoms with Crippen LogP contribution in [0.4, 0.5) is 11.4 Å². The lowest BCUT2D eigenvalue weighted by molar-refractivity contribution is -0.117.